The fourth-order valence-corrected chi connectivity index (χ4v) is 3.22. The monoisotopic (exact) mass is 401 g/mol. The van der Waals surface area contributed by atoms with Gasteiger partial charge in [-0.05, 0) is 17.7 Å². The van der Waals surface area contributed by atoms with Crippen molar-refractivity contribution in [3.8, 4) is 0 Å². The smallest absolute Gasteiger partial charge is 0.248 e. The van der Waals surface area contributed by atoms with Gasteiger partial charge in [0.05, 0.1) is 23.9 Å². The average Bonchev–Trinajstić information content (AvgIpc) is 2.71. The molecule has 1 aliphatic heterocycles. The van der Waals surface area contributed by atoms with Crippen LogP contribution in [-0.2, 0) is 20.9 Å². The number of piperazine rings is 1. The second-order valence-corrected chi connectivity index (χ2v) is 7.07. The third-order valence-corrected chi connectivity index (χ3v) is 4.91. The molecule has 1 fully saturated rings. The molecule has 148 valence electrons. The second kappa shape index (κ2) is 10.2. The molecule has 2 aromatic carbocycles. The number of nitrogens with zero attached hydrogens (tertiary/aromatic N) is 2. The molecule has 0 bridgehead atoms. The van der Waals surface area contributed by atoms with E-state index in [-0.39, 0.29) is 25.0 Å². The van der Waals surface area contributed by atoms with Crippen LogP contribution in [0.15, 0.2) is 54.6 Å². The first-order chi connectivity index (χ1) is 13.6. The van der Waals surface area contributed by atoms with Crippen molar-refractivity contribution in [2.75, 3.05) is 44.6 Å². The number of hydrogen-bond acceptors (Lipinski definition) is 4. The lowest BCUT2D eigenvalue weighted by molar-refractivity contribution is -0.138. The van der Waals surface area contributed by atoms with E-state index in [4.69, 9.17) is 16.3 Å². The van der Waals surface area contributed by atoms with E-state index in [9.17, 15) is 9.59 Å². The molecule has 0 aromatic heterocycles. The zero-order chi connectivity index (χ0) is 19.8. The van der Waals surface area contributed by atoms with Gasteiger partial charge in [-0.2, -0.15) is 0 Å². The van der Waals surface area contributed by atoms with Crippen molar-refractivity contribution in [3.63, 3.8) is 0 Å². The molecule has 2 aromatic rings. The molecule has 0 aliphatic carbocycles. The Balaban J connectivity index is 1.36. The van der Waals surface area contributed by atoms with Gasteiger partial charge in [0.25, 0.3) is 0 Å². The van der Waals surface area contributed by atoms with E-state index >= 15 is 0 Å². The summed E-state index contributed by atoms with van der Waals surface area (Å²) in [7, 11) is 0. The highest BCUT2D eigenvalue weighted by Crippen LogP contribution is 2.20. The first-order valence-corrected chi connectivity index (χ1v) is 9.66. The standard InChI is InChI=1S/C21H24ClN3O3/c22-18-8-4-5-9-19(18)23-20(26)14-24-10-12-25(13-11-24)21(27)16-28-15-17-6-2-1-3-7-17/h1-9H,10-16H2,(H,23,26). The predicted octanol–water partition coefficient (Wildman–Crippen LogP) is 2.64. The fourth-order valence-electron chi connectivity index (χ4n) is 3.03. The second-order valence-electron chi connectivity index (χ2n) is 6.66. The van der Waals surface area contributed by atoms with Gasteiger partial charge in [-0.1, -0.05) is 54.1 Å². The van der Waals surface area contributed by atoms with Crippen LogP contribution >= 0.6 is 11.6 Å². The molecular formula is C21H24ClN3O3. The van der Waals surface area contributed by atoms with E-state index in [0.29, 0.717) is 43.5 Å². The van der Waals surface area contributed by atoms with Crippen molar-refractivity contribution < 1.29 is 14.3 Å². The molecule has 6 nitrogen and oxygen atoms in total. The number of carbonyl (C=O) groups is 2. The van der Waals surface area contributed by atoms with Gasteiger partial charge in [0.1, 0.15) is 6.61 Å². The van der Waals surface area contributed by atoms with Crippen LogP contribution in [0.5, 0.6) is 0 Å². The SMILES string of the molecule is O=C(CN1CCN(C(=O)COCc2ccccc2)CC1)Nc1ccccc1Cl. The maximum atomic E-state index is 12.3. The Morgan fingerprint density at radius 2 is 1.64 bits per heavy atom. The quantitative estimate of drug-likeness (QED) is 0.774. The van der Waals surface area contributed by atoms with Gasteiger partial charge in [-0.3, -0.25) is 14.5 Å². The summed E-state index contributed by atoms with van der Waals surface area (Å²) >= 11 is 6.06. The highest BCUT2D eigenvalue weighted by atomic mass is 35.5. The van der Waals surface area contributed by atoms with Crippen molar-refractivity contribution in [1.82, 2.24) is 9.80 Å². The van der Waals surface area contributed by atoms with Gasteiger partial charge in [0, 0.05) is 26.2 Å². The number of carbonyl (C=O) groups excluding carboxylic acids is 2. The Bertz CT molecular complexity index is 792. The van der Waals surface area contributed by atoms with Crippen LogP contribution in [0.2, 0.25) is 5.02 Å². The van der Waals surface area contributed by atoms with Crippen LogP contribution in [0.1, 0.15) is 5.56 Å². The molecule has 0 atom stereocenters. The Morgan fingerprint density at radius 3 is 2.36 bits per heavy atom. The molecule has 1 aliphatic rings. The minimum absolute atomic E-state index is 0.0175. The van der Waals surface area contributed by atoms with E-state index in [0.717, 1.165) is 5.56 Å². The van der Waals surface area contributed by atoms with Crippen molar-refractivity contribution in [2.45, 2.75) is 6.61 Å². The van der Waals surface area contributed by atoms with Crippen LogP contribution in [0, 0.1) is 0 Å². The van der Waals surface area contributed by atoms with Gasteiger partial charge in [0.15, 0.2) is 0 Å². The van der Waals surface area contributed by atoms with Gasteiger partial charge in [0.2, 0.25) is 11.8 Å². The van der Waals surface area contributed by atoms with Crippen molar-refractivity contribution in [3.05, 3.63) is 65.2 Å². The number of para-hydroxylation sites is 1. The van der Waals surface area contributed by atoms with Crippen LogP contribution in [0.4, 0.5) is 5.69 Å². The third-order valence-electron chi connectivity index (χ3n) is 4.58. The molecule has 0 unspecified atom stereocenters. The van der Waals surface area contributed by atoms with Crippen LogP contribution in [0.3, 0.4) is 0 Å². The number of amides is 2. The summed E-state index contributed by atoms with van der Waals surface area (Å²) in [6.07, 6.45) is 0. The minimum Gasteiger partial charge on any atom is -0.367 e. The van der Waals surface area contributed by atoms with Crippen molar-refractivity contribution in [1.29, 1.82) is 0 Å². The molecular weight excluding hydrogens is 378 g/mol. The van der Waals surface area contributed by atoms with Crippen LogP contribution < -0.4 is 5.32 Å². The fraction of sp³-hybridized carbons (Fsp3) is 0.333. The number of ether oxygens (including phenoxy) is 1. The largest absolute Gasteiger partial charge is 0.367 e. The average molecular weight is 402 g/mol. The normalized spacial score (nSPS) is 14.7. The molecule has 3 rings (SSSR count). The highest BCUT2D eigenvalue weighted by molar-refractivity contribution is 6.33. The molecule has 1 N–H and O–H groups in total. The molecule has 7 heteroatoms. The lowest BCUT2D eigenvalue weighted by atomic mass is 10.2. The zero-order valence-electron chi connectivity index (χ0n) is 15.6. The summed E-state index contributed by atoms with van der Waals surface area (Å²) in [4.78, 5) is 28.3. The number of rotatable bonds is 7. The van der Waals surface area contributed by atoms with Crippen LogP contribution in [0.25, 0.3) is 0 Å². The summed E-state index contributed by atoms with van der Waals surface area (Å²) in [5, 5.41) is 3.34. The number of anilines is 1. The molecule has 0 radical (unpaired) electrons. The molecule has 1 saturated heterocycles. The number of halogens is 1. The minimum atomic E-state index is -0.112. The van der Waals surface area contributed by atoms with E-state index < -0.39 is 0 Å². The molecule has 28 heavy (non-hydrogen) atoms. The Kier molecular flexibility index (Phi) is 7.42. The summed E-state index contributed by atoms with van der Waals surface area (Å²) in [5.41, 5.74) is 1.66. The maximum absolute atomic E-state index is 12.3. The van der Waals surface area contributed by atoms with E-state index in [1.54, 1.807) is 17.0 Å². The molecule has 0 spiro atoms. The van der Waals surface area contributed by atoms with Gasteiger partial charge in [-0.25, -0.2) is 0 Å². The summed E-state index contributed by atoms with van der Waals surface area (Å²) < 4.78 is 5.52. The Hall–Kier alpha value is -2.41. The van der Waals surface area contributed by atoms with Crippen molar-refractivity contribution >= 4 is 29.1 Å². The first kappa shape index (κ1) is 20.3. The Labute approximate surface area is 170 Å². The van der Waals surface area contributed by atoms with Gasteiger partial charge >= 0.3 is 0 Å². The third kappa shape index (κ3) is 6.05. The molecule has 0 saturated carbocycles. The maximum Gasteiger partial charge on any atom is 0.248 e. The van der Waals surface area contributed by atoms with Crippen LogP contribution in [-0.4, -0.2) is 60.9 Å². The van der Waals surface area contributed by atoms with E-state index in [1.165, 1.54) is 0 Å². The van der Waals surface area contributed by atoms with Gasteiger partial charge in [-0.15, -0.1) is 0 Å². The lowest BCUT2D eigenvalue weighted by Gasteiger charge is -2.34. The van der Waals surface area contributed by atoms with E-state index in [2.05, 4.69) is 5.32 Å². The highest BCUT2D eigenvalue weighted by Gasteiger charge is 2.22. The summed E-state index contributed by atoms with van der Waals surface area (Å²) in [6.45, 7) is 3.26. The zero-order valence-corrected chi connectivity index (χ0v) is 16.4. The molecule has 1 heterocycles. The number of benzene rings is 2. The summed E-state index contributed by atoms with van der Waals surface area (Å²) in [6, 6.07) is 16.9. The van der Waals surface area contributed by atoms with Gasteiger partial charge < -0.3 is 15.0 Å². The summed E-state index contributed by atoms with van der Waals surface area (Å²) in [5.74, 6) is -0.129. The number of hydrogen-bond donors (Lipinski definition) is 1. The molecule has 2 amide bonds. The Morgan fingerprint density at radius 1 is 0.964 bits per heavy atom. The van der Waals surface area contributed by atoms with Crippen molar-refractivity contribution in [2.24, 2.45) is 0 Å². The van der Waals surface area contributed by atoms with E-state index in [1.807, 2.05) is 47.4 Å². The predicted molar refractivity (Wildman–Crippen MR) is 109 cm³/mol. The first-order valence-electron chi connectivity index (χ1n) is 9.28. The number of nitrogens with one attached hydrogen (secondary N) is 1. The topological polar surface area (TPSA) is 61.9 Å². The lowest BCUT2D eigenvalue weighted by Crippen LogP contribution is -2.51.